The zero-order chi connectivity index (χ0) is 19.3. The summed E-state index contributed by atoms with van der Waals surface area (Å²) in [5.41, 5.74) is 2.99. The number of hydrogen-bond acceptors (Lipinski definition) is 5. The maximum Gasteiger partial charge on any atom is 0.262 e. The lowest BCUT2D eigenvalue weighted by Gasteiger charge is -2.20. The third-order valence-corrected chi connectivity index (χ3v) is 4.26. The number of rotatable bonds is 6. The molecule has 8 heteroatoms. The number of nitrogens with one attached hydrogen (secondary N) is 2. The van der Waals surface area contributed by atoms with Crippen molar-refractivity contribution in [3.05, 3.63) is 78.5 Å². The standard InChI is InChI=1S/C20H18N6O2/c1-28-17-4-2-3-14(9-17)13-26(20-21-7-8-22-20)19(27)15-5-6-18(23-10-15)16-11-24-25-12-16/h2-12H,13H2,1H3,(H,21,22)(H,24,25). The molecule has 0 atom stereocenters. The second-order valence-electron chi connectivity index (χ2n) is 6.07. The van der Waals surface area contributed by atoms with E-state index in [0.29, 0.717) is 18.1 Å². The van der Waals surface area contributed by atoms with Crippen molar-refractivity contribution in [3.8, 4) is 17.0 Å². The van der Waals surface area contributed by atoms with Gasteiger partial charge in [0.2, 0.25) is 5.95 Å². The number of ether oxygens (including phenoxy) is 1. The van der Waals surface area contributed by atoms with Crippen LogP contribution >= 0.6 is 0 Å². The Morgan fingerprint density at radius 2 is 2.11 bits per heavy atom. The highest BCUT2D eigenvalue weighted by Crippen LogP contribution is 2.20. The second-order valence-corrected chi connectivity index (χ2v) is 6.07. The lowest BCUT2D eigenvalue weighted by atomic mass is 10.1. The van der Waals surface area contributed by atoms with E-state index in [1.54, 1.807) is 55.1 Å². The van der Waals surface area contributed by atoms with Gasteiger partial charge >= 0.3 is 0 Å². The zero-order valence-corrected chi connectivity index (χ0v) is 15.2. The first-order valence-electron chi connectivity index (χ1n) is 8.64. The van der Waals surface area contributed by atoms with Gasteiger partial charge in [0.15, 0.2) is 0 Å². The van der Waals surface area contributed by atoms with Crippen LogP contribution < -0.4 is 9.64 Å². The first kappa shape index (κ1) is 17.5. The van der Waals surface area contributed by atoms with Gasteiger partial charge in [0.05, 0.1) is 31.1 Å². The normalized spacial score (nSPS) is 10.6. The predicted octanol–water partition coefficient (Wildman–Crippen LogP) is 3.05. The van der Waals surface area contributed by atoms with E-state index in [1.807, 2.05) is 24.3 Å². The smallest absolute Gasteiger partial charge is 0.262 e. The molecule has 1 amide bonds. The summed E-state index contributed by atoms with van der Waals surface area (Å²) in [4.78, 5) is 26.4. The number of carbonyl (C=O) groups is 1. The number of imidazole rings is 1. The molecule has 28 heavy (non-hydrogen) atoms. The summed E-state index contributed by atoms with van der Waals surface area (Å²) >= 11 is 0. The third kappa shape index (κ3) is 3.61. The summed E-state index contributed by atoms with van der Waals surface area (Å²) in [5, 5.41) is 6.67. The van der Waals surface area contributed by atoms with Crippen LogP contribution in [-0.4, -0.2) is 38.2 Å². The molecule has 3 heterocycles. The zero-order valence-electron chi connectivity index (χ0n) is 15.2. The van der Waals surface area contributed by atoms with Gasteiger partial charge in [-0.2, -0.15) is 5.10 Å². The van der Waals surface area contributed by atoms with Crippen LogP contribution in [-0.2, 0) is 6.54 Å². The molecule has 4 aromatic rings. The maximum absolute atomic E-state index is 13.2. The van der Waals surface area contributed by atoms with E-state index in [0.717, 1.165) is 22.6 Å². The minimum atomic E-state index is -0.205. The fraction of sp³-hybridized carbons (Fsp3) is 0.100. The Morgan fingerprint density at radius 3 is 2.79 bits per heavy atom. The minimum Gasteiger partial charge on any atom is -0.497 e. The molecule has 2 N–H and O–H groups in total. The van der Waals surface area contributed by atoms with Crippen molar-refractivity contribution in [2.75, 3.05) is 12.0 Å². The average Bonchev–Trinajstić information content (AvgIpc) is 3.46. The largest absolute Gasteiger partial charge is 0.497 e. The number of benzene rings is 1. The van der Waals surface area contributed by atoms with E-state index >= 15 is 0 Å². The quantitative estimate of drug-likeness (QED) is 0.540. The SMILES string of the molecule is COc1cccc(CN(C(=O)c2ccc(-c3cn[nH]c3)nc2)c2ncc[nH]2)c1. The summed E-state index contributed by atoms with van der Waals surface area (Å²) in [5.74, 6) is 0.992. The van der Waals surface area contributed by atoms with Crippen LogP contribution in [0.15, 0.2) is 67.4 Å². The van der Waals surface area contributed by atoms with Crippen molar-refractivity contribution in [2.24, 2.45) is 0 Å². The van der Waals surface area contributed by atoms with E-state index < -0.39 is 0 Å². The molecule has 0 aliphatic rings. The Morgan fingerprint density at radius 1 is 1.18 bits per heavy atom. The summed E-state index contributed by atoms with van der Waals surface area (Å²) in [6.07, 6.45) is 8.29. The molecular formula is C20H18N6O2. The fourth-order valence-electron chi connectivity index (χ4n) is 2.84. The van der Waals surface area contributed by atoms with Crippen molar-refractivity contribution in [2.45, 2.75) is 6.54 Å². The molecule has 3 aromatic heterocycles. The number of aromatic amines is 2. The van der Waals surface area contributed by atoms with Gasteiger partial charge in [0.1, 0.15) is 5.75 Å². The molecule has 0 aliphatic carbocycles. The minimum absolute atomic E-state index is 0.205. The number of anilines is 1. The highest BCUT2D eigenvalue weighted by atomic mass is 16.5. The van der Waals surface area contributed by atoms with Crippen LogP contribution in [0.3, 0.4) is 0 Å². The molecule has 0 unspecified atom stereocenters. The van der Waals surface area contributed by atoms with Gasteiger partial charge in [-0.3, -0.25) is 19.8 Å². The van der Waals surface area contributed by atoms with Crippen LogP contribution in [0, 0.1) is 0 Å². The van der Waals surface area contributed by atoms with Crippen LogP contribution in [0.5, 0.6) is 5.75 Å². The number of pyridine rings is 1. The van der Waals surface area contributed by atoms with Crippen molar-refractivity contribution >= 4 is 11.9 Å². The van der Waals surface area contributed by atoms with Gasteiger partial charge in [-0.25, -0.2) is 4.98 Å². The molecule has 1 aromatic carbocycles. The number of nitrogens with zero attached hydrogens (tertiary/aromatic N) is 4. The highest BCUT2D eigenvalue weighted by Gasteiger charge is 2.21. The monoisotopic (exact) mass is 374 g/mol. The van der Waals surface area contributed by atoms with Gasteiger partial charge in [-0.15, -0.1) is 0 Å². The Balaban J connectivity index is 1.62. The number of hydrogen-bond donors (Lipinski definition) is 2. The molecule has 0 spiro atoms. The Kier molecular flexibility index (Phi) is 4.83. The fourth-order valence-corrected chi connectivity index (χ4v) is 2.84. The Bertz CT molecular complexity index is 1040. The maximum atomic E-state index is 13.2. The molecule has 8 nitrogen and oxygen atoms in total. The summed E-state index contributed by atoms with van der Waals surface area (Å²) in [7, 11) is 1.61. The summed E-state index contributed by atoms with van der Waals surface area (Å²) < 4.78 is 5.28. The van der Waals surface area contributed by atoms with E-state index in [9.17, 15) is 4.79 Å². The van der Waals surface area contributed by atoms with Gasteiger partial charge < -0.3 is 9.72 Å². The lowest BCUT2D eigenvalue weighted by Crippen LogP contribution is -2.31. The van der Waals surface area contributed by atoms with Crippen molar-refractivity contribution < 1.29 is 9.53 Å². The number of amides is 1. The van der Waals surface area contributed by atoms with Crippen LogP contribution in [0.2, 0.25) is 0 Å². The molecule has 0 radical (unpaired) electrons. The summed E-state index contributed by atoms with van der Waals surface area (Å²) in [6.45, 7) is 0.340. The molecule has 4 rings (SSSR count). The third-order valence-electron chi connectivity index (χ3n) is 4.26. The van der Waals surface area contributed by atoms with E-state index in [2.05, 4.69) is 25.1 Å². The summed E-state index contributed by atoms with van der Waals surface area (Å²) in [6, 6.07) is 11.1. The molecule has 0 saturated heterocycles. The molecule has 140 valence electrons. The van der Waals surface area contributed by atoms with Crippen molar-refractivity contribution in [1.29, 1.82) is 0 Å². The van der Waals surface area contributed by atoms with E-state index in [4.69, 9.17) is 4.74 Å². The molecule has 0 saturated carbocycles. The van der Waals surface area contributed by atoms with Crippen LogP contribution in [0.4, 0.5) is 5.95 Å². The van der Waals surface area contributed by atoms with Gasteiger partial charge in [0, 0.05) is 30.4 Å². The van der Waals surface area contributed by atoms with E-state index in [-0.39, 0.29) is 5.91 Å². The Labute approximate surface area is 161 Å². The lowest BCUT2D eigenvalue weighted by molar-refractivity contribution is 0.0983. The number of aromatic nitrogens is 5. The van der Waals surface area contributed by atoms with Crippen molar-refractivity contribution in [1.82, 2.24) is 25.1 Å². The molecule has 0 fully saturated rings. The van der Waals surface area contributed by atoms with Crippen LogP contribution in [0.25, 0.3) is 11.3 Å². The number of H-pyrrole nitrogens is 2. The topological polar surface area (TPSA) is 99.8 Å². The van der Waals surface area contributed by atoms with Crippen molar-refractivity contribution in [3.63, 3.8) is 0 Å². The number of methoxy groups -OCH3 is 1. The molecule has 0 aliphatic heterocycles. The molecular weight excluding hydrogens is 356 g/mol. The first-order valence-corrected chi connectivity index (χ1v) is 8.64. The molecule has 0 bridgehead atoms. The number of carbonyl (C=O) groups excluding carboxylic acids is 1. The second kappa shape index (κ2) is 7.75. The average molecular weight is 374 g/mol. The Hall–Kier alpha value is -3.94. The highest BCUT2D eigenvalue weighted by molar-refractivity contribution is 6.05. The van der Waals surface area contributed by atoms with Gasteiger partial charge in [0.25, 0.3) is 5.91 Å². The van der Waals surface area contributed by atoms with Gasteiger partial charge in [-0.1, -0.05) is 12.1 Å². The van der Waals surface area contributed by atoms with E-state index in [1.165, 1.54) is 0 Å². The van der Waals surface area contributed by atoms with Gasteiger partial charge in [-0.05, 0) is 29.8 Å². The first-order chi connectivity index (χ1) is 13.7. The van der Waals surface area contributed by atoms with Crippen LogP contribution in [0.1, 0.15) is 15.9 Å². The predicted molar refractivity (Wildman–Crippen MR) is 104 cm³/mol.